The van der Waals surface area contributed by atoms with E-state index in [1.807, 2.05) is 0 Å². The largest absolute Gasteiger partial charge is 0.479 e. The third-order valence-electron chi connectivity index (χ3n) is 2.71. The average Bonchev–Trinajstić information content (AvgIpc) is 2.47. The van der Waals surface area contributed by atoms with Crippen molar-refractivity contribution in [3.8, 4) is 0 Å². The Morgan fingerprint density at radius 3 is 2.57 bits per heavy atom. The molecule has 5 nitrogen and oxygen atoms in total. The minimum absolute atomic E-state index is 0.203. The molecule has 0 spiro atoms. The number of nitrogens with one attached hydrogen (secondary N) is 1. The summed E-state index contributed by atoms with van der Waals surface area (Å²) in [6.07, 6.45) is 0.866. The van der Waals surface area contributed by atoms with Crippen molar-refractivity contribution >= 4 is 23.5 Å². The molecule has 0 saturated carbocycles. The Kier molecular flexibility index (Phi) is 4.49. The molecule has 1 atom stereocenters. The fourth-order valence-electron chi connectivity index (χ4n) is 1.72. The molecule has 1 amide bonds. The number of pyridine rings is 1. The first-order chi connectivity index (χ1) is 9.99. The third kappa shape index (κ3) is 3.55. The molecule has 0 saturated heterocycles. The lowest BCUT2D eigenvalue weighted by Gasteiger charge is -2.15. The van der Waals surface area contributed by atoms with E-state index in [1.165, 1.54) is 0 Å². The Morgan fingerprint density at radius 2 is 1.95 bits per heavy atom. The minimum atomic E-state index is -1.27. The minimum Gasteiger partial charge on any atom is -0.479 e. The molecule has 2 aromatic rings. The lowest BCUT2D eigenvalue weighted by atomic mass is 10.1. The van der Waals surface area contributed by atoms with Gasteiger partial charge in [-0.1, -0.05) is 41.9 Å². The highest BCUT2D eigenvalue weighted by atomic mass is 35.5. The van der Waals surface area contributed by atoms with Gasteiger partial charge in [-0.05, 0) is 11.6 Å². The van der Waals surface area contributed by atoms with Gasteiger partial charge in [-0.2, -0.15) is 0 Å². The monoisotopic (exact) mass is 308 g/mol. The van der Waals surface area contributed by atoms with Crippen molar-refractivity contribution in [2.45, 2.75) is 6.04 Å². The number of carbonyl (C=O) groups excluding carboxylic acids is 1. The van der Waals surface area contributed by atoms with E-state index < -0.39 is 23.7 Å². The third-order valence-corrected chi connectivity index (χ3v) is 3.01. The molecule has 1 aromatic heterocycles. The van der Waals surface area contributed by atoms with Crippen LogP contribution in [0.4, 0.5) is 4.39 Å². The maximum atomic E-state index is 13.1. The second kappa shape index (κ2) is 6.32. The van der Waals surface area contributed by atoms with Gasteiger partial charge < -0.3 is 10.4 Å². The number of amides is 1. The number of halogens is 2. The summed E-state index contributed by atoms with van der Waals surface area (Å²) >= 11 is 5.71. The Hall–Kier alpha value is -2.47. The predicted molar refractivity (Wildman–Crippen MR) is 73.5 cm³/mol. The van der Waals surface area contributed by atoms with E-state index in [0.29, 0.717) is 5.56 Å². The Bertz CT molecular complexity index is 679. The highest BCUT2D eigenvalue weighted by Crippen LogP contribution is 2.17. The number of carbonyl (C=O) groups is 2. The molecule has 1 aromatic carbocycles. The molecule has 2 N–H and O–H groups in total. The van der Waals surface area contributed by atoms with E-state index >= 15 is 0 Å². The van der Waals surface area contributed by atoms with Gasteiger partial charge >= 0.3 is 5.97 Å². The summed E-state index contributed by atoms with van der Waals surface area (Å²) in [5.74, 6) is -2.80. The van der Waals surface area contributed by atoms with Crippen molar-refractivity contribution in [2.24, 2.45) is 0 Å². The molecule has 0 aliphatic heterocycles. The normalized spacial score (nSPS) is 11.7. The molecule has 0 aliphatic carbocycles. The van der Waals surface area contributed by atoms with Crippen LogP contribution in [-0.2, 0) is 4.79 Å². The zero-order valence-electron chi connectivity index (χ0n) is 10.6. The number of rotatable bonds is 4. The first-order valence-corrected chi connectivity index (χ1v) is 6.26. The molecule has 2 rings (SSSR count). The fourth-order valence-corrected chi connectivity index (χ4v) is 1.91. The molecule has 1 unspecified atom stereocenters. The number of aliphatic carboxylic acids is 1. The van der Waals surface area contributed by atoms with Gasteiger partial charge in [-0.15, -0.1) is 0 Å². The molecule has 0 radical (unpaired) electrons. The summed E-state index contributed by atoms with van der Waals surface area (Å²) in [4.78, 5) is 26.8. The summed E-state index contributed by atoms with van der Waals surface area (Å²) in [6.45, 7) is 0. The molecule has 21 heavy (non-hydrogen) atoms. The van der Waals surface area contributed by atoms with Gasteiger partial charge in [-0.25, -0.2) is 14.2 Å². The van der Waals surface area contributed by atoms with Crippen LogP contribution in [0, 0.1) is 5.82 Å². The average molecular weight is 309 g/mol. The Labute approximate surface area is 124 Å². The predicted octanol–water partition coefficient (Wildman–Crippen LogP) is 2.43. The maximum Gasteiger partial charge on any atom is 0.330 e. The number of carboxylic acids is 1. The van der Waals surface area contributed by atoms with Gasteiger partial charge in [0.2, 0.25) is 0 Å². The van der Waals surface area contributed by atoms with Crippen molar-refractivity contribution in [3.05, 3.63) is 64.7 Å². The van der Waals surface area contributed by atoms with E-state index in [-0.39, 0.29) is 10.7 Å². The summed E-state index contributed by atoms with van der Waals surface area (Å²) in [5.41, 5.74) is 0.165. The maximum absolute atomic E-state index is 13.1. The lowest BCUT2D eigenvalue weighted by Crippen LogP contribution is -2.34. The van der Waals surface area contributed by atoms with Crippen molar-refractivity contribution < 1.29 is 19.1 Å². The van der Waals surface area contributed by atoms with Crippen molar-refractivity contribution in [1.29, 1.82) is 0 Å². The molecule has 0 aliphatic rings. The van der Waals surface area contributed by atoms with Gasteiger partial charge in [0.15, 0.2) is 6.04 Å². The van der Waals surface area contributed by atoms with E-state index in [2.05, 4.69) is 10.3 Å². The van der Waals surface area contributed by atoms with Crippen molar-refractivity contribution in [1.82, 2.24) is 10.3 Å². The molecule has 1 heterocycles. The van der Waals surface area contributed by atoms with Crippen LogP contribution in [0.2, 0.25) is 5.15 Å². The lowest BCUT2D eigenvalue weighted by molar-refractivity contribution is -0.139. The summed E-state index contributed by atoms with van der Waals surface area (Å²) in [5, 5.41) is 11.3. The highest BCUT2D eigenvalue weighted by Gasteiger charge is 2.24. The van der Waals surface area contributed by atoms with E-state index in [1.54, 1.807) is 30.3 Å². The van der Waals surface area contributed by atoms with Crippen LogP contribution in [0.5, 0.6) is 0 Å². The summed E-state index contributed by atoms with van der Waals surface area (Å²) in [6, 6.07) is 7.77. The quantitative estimate of drug-likeness (QED) is 0.850. The van der Waals surface area contributed by atoms with Gasteiger partial charge in [0, 0.05) is 0 Å². The van der Waals surface area contributed by atoms with Crippen LogP contribution in [0.15, 0.2) is 42.6 Å². The van der Waals surface area contributed by atoms with Crippen LogP contribution in [0.25, 0.3) is 0 Å². The number of aromatic nitrogens is 1. The first-order valence-electron chi connectivity index (χ1n) is 5.88. The van der Waals surface area contributed by atoms with Crippen LogP contribution in [-0.4, -0.2) is 22.0 Å². The molecule has 7 heteroatoms. The Morgan fingerprint density at radius 1 is 1.29 bits per heavy atom. The number of hydrogen-bond donors (Lipinski definition) is 2. The molecule has 0 fully saturated rings. The van der Waals surface area contributed by atoms with Crippen molar-refractivity contribution in [2.75, 3.05) is 0 Å². The second-order valence-corrected chi connectivity index (χ2v) is 4.51. The first kappa shape index (κ1) is 14.9. The van der Waals surface area contributed by atoms with Crippen LogP contribution < -0.4 is 5.32 Å². The number of carboxylic acid groups (broad SMARTS) is 1. The van der Waals surface area contributed by atoms with Crippen LogP contribution >= 0.6 is 11.6 Å². The van der Waals surface area contributed by atoms with Crippen molar-refractivity contribution in [3.63, 3.8) is 0 Å². The molecular formula is C14H10ClFN2O3. The van der Waals surface area contributed by atoms with E-state index in [4.69, 9.17) is 11.6 Å². The van der Waals surface area contributed by atoms with E-state index in [9.17, 15) is 19.1 Å². The number of nitrogens with zero attached hydrogens (tertiary/aromatic N) is 1. The smallest absolute Gasteiger partial charge is 0.330 e. The standard InChI is InChI=1S/C14H10ClFN2O3/c15-12-10(6-9(16)7-17-12)13(19)18-11(14(20)21)8-4-2-1-3-5-8/h1-7,11H,(H,18,19)(H,20,21). The zero-order valence-corrected chi connectivity index (χ0v) is 11.3. The fraction of sp³-hybridized carbons (Fsp3) is 0.0714. The number of benzene rings is 1. The second-order valence-electron chi connectivity index (χ2n) is 4.15. The zero-order chi connectivity index (χ0) is 15.4. The topological polar surface area (TPSA) is 79.3 Å². The highest BCUT2D eigenvalue weighted by molar-refractivity contribution is 6.32. The molecule has 108 valence electrons. The number of hydrogen-bond acceptors (Lipinski definition) is 3. The summed E-state index contributed by atoms with van der Waals surface area (Å²) in [7, 11) is 0. The summed E-state index contributed by atoms with van der Waals surface area (Å²) < 4.78 is 13.1. The van der Waals surface area contributed by atoms with Gasteiger partial charge in [0.05, 0.1) is 11.8 Å². The Balaban J connectivity index is 2.27. The van der Waals surface area contributed by atoms with E-state index in [0.717, 1.165) is 12.3 Å². The SMILES string of the molecule is O=C(NC(C(=O)O)c1ccccc1)c1cc(F)cnc1Cl. The van der Waals surface area contributed by atoms with Gasteiger partial charge in [0.1, 0.15) is 11.0 Å². The van der Waals surface area contributed by atoms with Gasteiger partial charge in [0.25, 0.3) is 5.91 Å². The van der Waals surface area contributed by atoms with Crippen LogP contribution in [0.3, 0.4) is 0 Å². The van der Waals surface area contributed by atoms with Crippen LogP contribution in [0.1, 0.15) is 22.0 Å². The molecular weight excluding hydrogens is 299 g/mol. The molecule has 0 bridgehead atoms. The van der Waals surface area contributed by atoms with Gasteiger partial charge in [-0.3, -0.25) is 4.79 Å².